The summed E-state index contributed by atoms with van der Waals surface area (Å²) in [5, 5.41) is 0. The van der Waals surface area contributed by atoms with Crippen molar-refractivity contribution in [1.82, 2.24) is 0 Å². The maximum absolute atomic E-state index is 5.48. The molecule has 1 aliphatic rings. The van der Waals surface area contributed by atoms with E-state index in [1.807, 2.05) is 30.3 Å². The first-order chi connectivity index (χ1) is 16.1. The Morgan fingerprint density at radius 1 is 0.727 bits per heavy atom. The van der Waals surface area contributed by atoms with Crippen LogP contribution in [0.1, 0.15) is 49.3 Å². The molecule has 3 aromatic carbocycles. The maximum Gasteiger partial charge on any atom is 0.231 e. The van der Waals surface area contributed by atoms with Crippen molar-refractivity contribution in [2.45, 2.75) is 39.0 Å². The summed E-state index contributed by atoms with van der Waals surface area (Å²) in [5.74, 6) is 4.33. The molecule has 3 aromatic rings. The number of hydrogen-bond donors (Lipinski definition) is 0. The van der Waals surface area contributed by atoms with Crippen molar-refractivity contribution in [3.05, 3.63) is 77.4 Å². The summed E-state index contributed by atoms with van der Waals surface area (Å²) >= 11 is 0. The van der Waals surface area contributed by atoms with Gasteiger partial charge in [0.2, 0.25) is 6.79 Å². The molecule has 4 rings (SSSR count). The highest BCUT2D eigenvalue weighted by atomic mass is 16.7. The smallest absolute Gasteiger partial charge is 0.231 e. The van der Waals surface area contributed by atoms with Crippen LogP contribution in [0.4, 0.5) is 0 Å². The molecule has 0 fully saturated rings. The minimum absolute atomic E-state index is 0.273. The zero-order chi connectivity index (χ0) is 23.6. The number of rotatable bonds is 8. The van der Waals surface area contributed by atoms with Gasteiger partial charge in [0, 0.05) is 5.92 Å². The van der Waals surface area contributed by atoms with Gasteiger partial charge in [-0.2, -0.15) is 0 Å². The average molecular weight is 451 g/mol. The summed E-state index contributed by atoms with van der Waals surface area (Å²) in [7, 11) is 4.99. The Morgan fingerprint density at radius 2 is 1.39 bits per heavy atom. The molecule has 0 N–H and O–H groups in total. The standard InChI is InChI=1S/C18H20O4.C10H14O/c1-4-14(12-5-7-15(19-2)17(9-12)20-3)13-6-8-16-18(10-13)22-11-21-16;1-3-4-9-5-7-10(11-2)8-6-9/h5-10,14H,4,11H2,1-3H3;5-8H,3-4H2,1-2H3. The predicted octanol–water partition coefficient (Wildman–Crippen LogP) is 6.62. The van der Waals surface area contributed by atoms with Crippen LogP contribution in [-0.4, -0.2) is 28.1 Å². The molecule has 0 aliphatic carbocycles. The maximum atomic E-state index is 5.48. The van der Waals surface area contributed by atoms with Crippen molar-refractivity contribution in [3.8, 4) is 28.7 Å². The van der Waals surface area contributed by atoms with Crippen LogP contribution in [0.15, 0.2) is 60.7 Å². The van der Waals surface area contributed by atoms with Gasteiger partial charge in [-0.25, -0.2) is 0 Å². The van der Waals surface area contributed by atoms with E-state index in [0.29, 0.717) is 6.79 Å². The second kappa shape index (κ2) is 12.0. The highest BCUT2D eigenvalue weighted by Gasteiger charge is 2.19. The van der Waals surface area contributed by atoms with Gasteiger partial charge in [0.1, 0.15) is 5.75 Å². The minimum Gasteiger partial charge on any atom is -0.497 e. The van der Waals surface area contributed by atoms with Crippen molar-refractivity contribution in [1.29, 1.82) is 0 Å². The van der Waals surface area contributed by atoms with Crippen LogP contribution in [0, 0.1) is 0 Å². The molecular formula is C28H34O5. The highest BCUT2D eigenvalue weighted by molar-refractivity contribution is 5.50. The zero-order valence-corrected chi connectivity index (χ0v) is 20.2. The molecule has 1 atom stereocenters. The fraction of sp³-hybridized carbons (Fsp3) is 0.357. The molecule has 0 bridgehead atoms. The van der Waals surface area contributed by atoms with Crippen LogP contribution < -0.4 is 23.7 Å². The third-order valence-electron chi connectivity index (χ3n) is 5.71. The van der Waals surface area contributed by atoms with Crippen LogP contribution in [0.5, 0.6) is 28.7 Å². The normalized spacial score (nSPS) is 12.4. The van der Waals surface area contributed by atoms with Gasteiger partial charge < -0.3 is 23.7 Å². The molecule has 5 nitrogen and oxygen atoms in total. The highest BCUT2D eigenvalue weighted by Crippen LogP contribution is 2.39. The zero-order valence-electron chi connectivity index (χ0n) is 20.2. The molecule has 1 aliphatic heterocycles. The van der Waals surface area contributed by atoms with E-state index in [1.54, 1.807) is 21.3 Å². The second-order valence-corrected chi connectivity index (χ2v) is 7.79. The third kappa shape index (κ3) is 6.13. The summed E-state index contributed by atoms with van der Waals surface area (Å²) in [5.41, 5.74) is 3.78. The Kier molecular flexibility index (Phi) is 8.87. The van der Waals surface area contributed by atoms with Crippen LogP contribution in [0.3, 0.4) is 0 Å². The van der Waals surface area contributed by atoms with Crippen LogP contribution in [0.25, 0.3) is 0 Å². The number of hydrogen-bond acceptors (Lipinski definition) is 5. The van der Waals surface area contributed by atoms with Gasteiger partial charge in [-0.3, -0.25) is 0 Å². The Bertz CT molecular complexity index is 1010. The summed E-state index contributed by atoms with van der Waals surface area (Å²) in [6, 6.07) is 20.4. The third-order valence-corrected chi connectivity index (χ3v) is 5.71. The van der Waals surface area contributed by atoms with E-state index in [4.69, 9.17) is 23.7 Å². The van der Waals surface area contributed by atoms with Crippen molar-refractivity contribution >= 4 is 0 Å². The topological polar surface area (TPSA) is 46.2 Å². The van der Waals surface area contributed by atoms with Gasteiger partial charge in [-0.15, -0.1) is 0 Å². The second-order valence-electron chi connectivity index (χ2n) is 7.79. The molecular weight excluding hydrogens is 416 g/mol. The van der Waals surface area contributed by atoms with Crippen LogP contribution in [-0.2, 0) is 6.42 Å². The molecule has 33 heavy (non-hydrogen) atoms. The lowest BCUT2D eigenvalue weighted by atomic mass is 9.88. The Hall–Kier alpha value is -3.34. The monoisotopic (exact) mass is 450 g/mol. The van der Waals surface area contributed by atoms with Crippen LogP contribution >= 0.6 is 0 Å². The Labute approximate surface area is 197 Å². The van der Waals surface area contributed by atoms with E-state index < -0.39 is 0 Å². The van der Waals surface area contributed by atoms with Gasteiger partial charge in [0.25, 0.3) is 0 Å². The molecule has 0 saturated carbocycles. The number of methoxy groups -OCH3 is 3. The fourth-order valence-corrected chi connectivity index (χ4v) is 3.94. The number of ether oxygens (including phenoxy) is 5. The van der Waals surface area contributed by atoms with E-state index in [0.717, 1.165) is 41.6 Å². The van der Waals surface area contributed by atoms with E-state index in [-0.39, 0.29) is 5.92 Å². The largest absolute Gasteiger partial charge is 0.497 e. The lowest BCUT2D eigenvalue weighted by molar-refractivity contribution is 0.174. The number of fused-ring (bicyclic) bond motifs is 1. The van der Waals surface area contributed by atoms with Gasteiger partial charge >= 0.3 is 0 Å². The molecule has 5 heteroatoms. The number of benzene rings is 3. The van der Waals surface area contributed by atoms with E-state index in [1.165, 1.54) is 23.1 Å². The van der Waals surface area contributed by atoms with Crippen LogP contribution in [0.2, 0.25) is 0 Å². The van der Waals surface area contributed by atoms with Crippen molar-refractivity contribution in [2.24, 2.45) is 0 Å². The molecule has 176 valence electrons. The lowest BCUT2D eigenvalue weighted by Crippen LogP contribution is -2.01. The Morgan fingerprint density at radius 3 is 2.03 bits per heavy atom. The first-order valence-corrected chi connectivity index (χ1v) is 11.4. The average Bonchev–Trinajstić information content (AvgIpc) is 3.33. The summed E-state index contributed by atoms with van der Waals surface area (Å²) in [6.45, 7) is 4.65. The summed E-state index contributed by atoms with van der Waals surface area (Å²) in [6.07, 6.45) is 3.34. The van der Waals surface area contributed by atoms with Gasteiger partial charge in [-0.05, 0) is 65.9 Å². The molecule has 0 amide bonds. The van der Waals surface area contributed by atoms with E-state index >= 15 is 0 Å². The lowest BCUT2D eigenvalue weighted by Gasteiger charge is -2.18. The van der Waals surface area contributed by atoms with E-state index in [9.17, 15) is 0 Å². The van der Waals surface area contributed by atoms with Gasteiger partial charge in [0.15, 0.2) is 23.0 Å². The predicted molar refractivity (Wildman–Crippen MR) is 131 cm³/mol. The number of aryl methyl sites for hydroxylation is 1. The first-order valence-electron chi connectivity index (χ1n) is 11.4. The SMILES string of the molecule is CCC(c1ccc(OC)c(OC)c1)c1ccc2c(c1)OCO2.CCCc1ccc(OC)cc1. The first kappa shape index (κ1) is 24.3. The van der Waals surface area contributed by atoms with Crippen molar-refractivity contribution < 1.29 is 23.7 Å². The molecule has 1 unspecified atom stereocenters. The van der Waals surface area contributed by atoms with Crippen molar-refractivity contribution in [3.63, 3.8) is 0 Å². The minimum atomic E-state index is 0.273. The summed E-state index contributed by atoms with van der Waals surface area (Å²) < 4.78 is 26.6. The molecule has 0 radical (unpaired) electrons. The molecule has 0 aromatic heterocycles. The van der Waals surface area contributed by atoms with E-state index in [2.05, 4.69) is 44.2 Å². The molecule has 0 saturated heterocycles. The van der Waals surface area contributed by atoms with Gasteiger partial charge in [0.05, 0.1) is 21.3 Å². The fourth-order valence-electron chi connectivity index (χ4n) is 3.94. The Balaban J connectivity index is 0.000000235. The molecule has 0 spiro atoms. The quantitative estimate of drug-likeness (QED) is 0.386. The van der Waals surface area contributed by atoms with Crippen molar-refractivity contribution in [2.75, 3.05) is 28.1 Å². The van der Waals surface area contributed by atoms with Gasteiger partial charge in [-0.1, -0.05) is 44.5 Å². The summed E-state index contributed by atoms with van der Waals surface area (Å²) in [4.78, 5) is 0. The molecule has 1 heterocycles.